The van der Waals surface area contributed by atoms with Crippen LogP contribution in [0, 0.1) is 5.92 Å². The first kappa shape index (κ1) is 28.6. The number of unbranched alkanes of at least 4 members (excludes halogenated alkanes) is 2. The number of amides is 2. The van der Waals surface area contributed by atoms with Crippen molar-refractivity contribution in [3.63, 3.8) is 0 Å². The van der Waals surface area contributed by atoms with Crippen molar-refractivity contribution in [2.24, 2.45) is 5.92 Å². The van der Waals surface area contributed by atoms with Gasteiger partial charge in [0.2, 0.25) is 5.91 Å². The average molecular weight is 495 g/mol. The lowest BCUT2D eigenvalue weighted by atomic mass is 10.0. The Balaban J connectivity index is 2.06. The lowest BCUT2D eigenvalue weighted by Crippen LogP contribution is -2.52. The summed E-state index contributed by atoms with van der Waals surface area (Å²) in [6.07, 6.45) is 5.99. The number of nitrogens with one attached hydrogen (secondary N) is 2. The Kier molecular flexibility index (Phi) is 12.8. The fourth-order valence-electron chi connectivity index (χ4n) is 3.51. The fourth-order valence-corrected chi connectivity index (χ4v) is 3.51. The summed E-state index contributed by atoms with van der Waals surface area (Å²) in [6.45, 7) is 6.09. The smallest absolute Gasteiger partial charge is 0.408 e. The van der Waals surface area contributed by atoms with Gasteiger partial charge in [-0.05, 0) is 42.4 Å². The summed E-state index contributed by atoms with van der Waals surface area (Å²) in [4.78, 5) is 38.5. The molecule has 0 bridgehead atoms. The van der Waals surface area contributed by atoms with Crippen LogP contribution in [0.2, 0.25) is 0 Å². The van der Waals surface area contributed by atoms with Crippen molar-refractivity contribution >= 4 is 18.0 Å². The Morgan fingerprint density at radius 3 is 2.14 bits per heavy atom. The summed E-state index contributed by atoms with van der Waals surface area (Å²) >= 11 is 0. The number of ether oxygens (including phenoxy) is 2. The second-order valence-electron chi connectivity index (χ2n) is 9.09. The van der Waals surface area contributed by atoms with Crippen LogP contribution in [0.5, 0.6) is 0 Å². The van der Waals surface area contributed by atoms with Gasteiger partial charge in [-0.1, -0.05) is 87.9 Å². The molecule has 0 fully saturated rings. The van der Waals surface area contributed by atoms with Crippen LogP contribution in [0.3, 0.4) is 0 Å². The zero-order valence-electron chi connectivity index (χ0n) is 21.4. The van der Waals surface area contributed by atoms with E-state index in [0.29, 0.717) is 6.42 Å². The molecule has 0 aromatic heterocycles. The average Bonchev–Trinajstić information content (AvgIpc) is 2.87. The van der Waals surface area contributed by atoms with Gasteiger partial charge in [0.15, 0.2) is 0 Å². The highest BCUT2D eigenvalue weighted by molar-refractivity contribution is 5.90. The normalized spacial score (nSPS) is 12.7. The van der Waals surface area contributed by atoms with Gasteiger partial charge in [0.25, 0.3) is 0 Å². The summed E-state index contributed by atoms with van der Waals surface area (Å²) in [6, 6.07) is 16.9. The van der Waals surface area contributed by atoms with Gasteiger partial charge in [-0.25, -0.2) is 9.59 Å². The van der Waals surface area contributed by atoms with Gasteiger partial charge in [0.05, 0.1) is 6.26 Å². The van der Waals surface area contributed by atoms with E-state index in [2.05, 4.69) is 17.6 Å². The van der Waals surface area contributed by atoms with E-state index in [1.54, 1.807) is 6.08 Å². The highest BCUT2D eigenvalue weighted by Gasteiger charge is 2.28. The molecule has 2 amide bonds. The molecule has 0 aliphatic carbocycles. The molecular weight excluding hydrogens is 456 g/mol. The maximum atomic E-state index is 13.2. The van der Waals surface area contributed by atoms with E-state index in [1.807, 2.05) is 74.5 Å². The lowest BCUT2D eigenvalue weighted by molar-refractivity contribution is -0.143. The Morgan fingerprint density at radius 1 is 0.889 bits per heavy atom. The number of benzene rings is 2. The van der Waals surface area contributed by atoms with Crippen molar-refractivity contribution in [3.05, 3.63) is 84.1 Å². The molecule has 7 heteroatoms. The van der Waals surface area contributed by atoms with Crippen molar-refractivity contribution < 1.29 is 23.9 Å². The SMILES string of the molecule is CCCCC=COC(=O)C(Cc1ccccc1)NC(=O)C(CC(C)C)NC(=O)OCc1ccccc1. The zero-order chi connectivity index (χ0) is 26.2. The molecule has 36 heavy (non-hydrogen) atoms. The van der Waals surface area contributed by atoms with Crippen molar-refractivity contribution in [1.29, 1.82) is 0 Å². The molecule has 194 valence electrons. The van der Waals surface area contributed by atoms with E-state index in [4.69, 9.17) is 9.47 Å². The summed E-state index contributed by atoms with van der Waals surface area (Å²) in [5, 5.41) is 5.44. The van der Waals surface area contributed by atoms with Gasteiger partial charge < -0.3 is 20.1 Å². The fraction of sp³-hybridized carbons (Fsp3) is 0.414. The molecule has 0 spiro atoms. The number of allylic oxidation sites excluding steroid dienone is 1. The Morgan fingerprint density at radius 2 is 1.53 bits per heavy atom. The van der Waals surface area contributed by atoms with Crippen molar-refractivity contribution in [3.8, 4) is 0 Å². The maximum Gasteiger partial charge on any atom is 0.408 e. The highest BCUT2D eigenvalue weighted by atomic mass is 16.5. The maximum absolute atomic E-state index is 13.2. The van der Waals surface area contributed by atoms with Gasteiger partial charge in [0, 0.05) is 6.42 Å². The quantitative estimate of drug-likeness (QED) is 0.211. The van der Waals surface area contributed by atoms with E-state index in [1.165, 1.54) is 6.26 Å². The van der Waals surface area contributed by atoms with Gasteiger partial charge in [-0.15, -0.1) is 0 Å². The number of rotatable bonds is 14. The first-order valence-electron chi connectivity index (χ1n) is 12.6. The number of carbonyl (C=O) groups is 3. The Labute approximate surface area is 214 Å². The lowest BCUT2D eigenvalue weighted by Gasteiger charge is -2.23. The Hall–Kier alpha value is -3.61. The van der Waals surface area contributed by atoms with E-state index < -0.39 is 30.1 Å². The molecule has 2 atom stereocenters. The second kappa shape index (κ2) is 16.1. The van der Waals surface area contributed by atoms with Crippen LogP contribution < -0.4 is 10.6 Å². The topological polar surface area (TPSA) is 93.7 Å². The third kappa shape index (κ3) is 11.2. The number of carbonyl (C=O) groups excluding carboxylic acids is 3. The monoisotopic (exact) mass is 494 g/mol. The molecule has 2 aromatic carbocycles. The zero-order valence-corrected chi connectivity index (χ0v) is 21.4. The number of esters is 1. The largest absolute Gasteiger partial charge is 0.445 e. The molecule has 2 rings (SSSR count). The minimum absolute atomic E-state index is 0.0933. The van der Waals surface area contributed by atoms with Crippen molar-refractivity contribution in [2.45, 2.75) is 71.6 Å². The summed E-state index contributed by atoms with van der Waals surface area (Å²) < 4.78 is 10.6. The second-order valence-corrected chi connectivity index (χ2v) is 9.09. The molecule has 0 saturated carbocycles. The molecule has 0 aliphatic rings. The first-order valence-corrected chi connectivity index (χ1v) is 12.6. The minimum Gasteiger partial charge on any atom is -0.445 e. The number of alkyl carbamates (subject to hydrolysis) is 1. The predicted octanol–water partition coefficient (Wildman–Crippen LogP) is 5.30. The first-order chi connectivity index (χ1) is 17.4. The summed E-state index contributed by atoms with van der Waals surface area (Å²) in [5.41, 5.74) is 1.72. The third-order valence-corrected chi connectivity index (χ3v) is 5.42. The minimum atomic E-state index is -0.910. The van der Waals surface area contributed by atoms with Crippen LogP contribution in [-0.4, -0.2) is 30.1 Å². The molecule has 7 nitrogen and oxygen atoms in total. The standard InChI is InChI=1S/C29H38N2O5/c1-4-5-6-13-18-35-28(33)26(20-23-14-9-7-10-15-23)30-27(32)25(19-22(2)3)31-29(34)36-21-24-16-11-8-12-17-24/h7-18,22,25-26H,4-6,19-21H2,1-3H3,(H,30,32)(H,31,34). The molecule has 2 N–H and O–H groups in total. The number of hydrogen-bond acceptors (Lipinski definition) is 5. The van der Waals surface area contributed by atoms with Crippen LogP contribution in [-0.2, 0) is 32.1 Å². The van der Waals surface area contributed by atoms with E-state index in [9.17, 15) is 14.4 Å². The predicted molar refractivity (Wildman–Crippen MR) is 140 cm³/mol. The van der Waals surface area contributed by atoms with Gasteiger partial charge >= 0.3 is 12.1 Å². The molecule has 0 heterocycles. The molecular formula is C29H38N2O5. The Bertz CT molecular complexity index is 960. The van der Waals surface area contributed by atoms with E-state index in [-0.39, 0.29) is 18.9 Å². The molecule has 2 aromatic rings. The van der Waals surface area contributed by atoms with E-state index >= 15 is 0 Å². The van der Waals surface area contributed by atoms with Crippen LogP contribution in [0.1, 0.15) is 57.6 Å². The third-order valence-electron chi connectivity index (χ3n) is 5.42. The molecule has 0 saturated heterocycles. The summed E-state index contributed by atoms with van der Waals surface area (Å²) in [7, 11) is 0. The van der Waals surface area contributed by atoms with Gasteiger partial charge in [0.1, 0.15) is 18.7 Å². The molecule has 0 aliphatic heterocycles. The summed E-state index contributed by atoms with van der Waals surface area (Å²) in [5.74, 6) is -0.903. The van der Waals surface area contributed by atoms with Gasteiger partial charge in [-0.2, -0.15) is 0 Å². The van der Waals surface area contributed by atoms with E-state index in [0.717, 1.165) is 30.4 Å². The van der Waals surface area contributed by atoms with Crippen LogP contribution in [0.25, 0.3) is 0 Å². The van der Waals surface area contributed by atoms with Crippen LogP contribution in [0.4, 0.5) is 4.79 Å². The van der Waals surface area contributed by atoms with Gasteiger partial charge in [-0.3, -0.25) is 4.79 Å². The van der Waals surface area contributed by atoms with Crippen LogP contribution in [0.15, 0.2) is 73.0 Å². The highest BCUT2D eigenvalue weighted by Crippen LogP contribution is 2.10. The van der Waals surface area contributed by atoms with Crippen molar-refractivity contribution in [1.82, 2.24) is 10.6 Å². The molecule has 2 unspecified atom stereocenters. The number of hydrogen-bond donors (Lipinski definition) is 2. The van der Waals surface area contributed by atoms with Crippen LogP contribution >= 0.6 is 0 Å². The van der Waals surface area contributed by atoms with Crippen molar-refractivity contribution in [2.75, 3.05) is 0 Å². The molecule has 0 radical (unpaired) electrons.